The molecule has 1 aromatic carbocycles. The molecule has 2 aromatic heterocycles. The van der Waals surface area contributed by atoms with Gasteiger partial charge in [0.05, 0.1) is 11.7 Å². The van der Waals surface area contributed by atoms with Crippen molar-refractivity contribution in [1.82, 2.24) is 14.9 Å². The molecular formula is C23H26ClN3O2. The molecule has 0 spiro atoms. The van der Waals surface area contributed by atoms with Crippen molar-refractivity contribution in [3.05, 3.63) is 58.9 Å². The third-order valence-electron chi connectivity index (χ3n) is 5.86. The number of ketones is 1. The molecule has 152 valence electrons. The number of fused-ring (bicyclic) bond motifs is 1. The van der Waals surface area contributed by atoms with Crippen LogP contribution >= 0.6 is 11.6 Å². The van der Waals surface area contributed by atoms with Gasteiger partial charge in [-0.15, -0.1) is 0 Å². The van der Waals surface area contributed by atoms with Crippen molar-refractivity contribution >= 4 is 28.3 Å². The van der Waals surface area contributed by atoms with E-state index in [1.54, 1.807) is 0 Å². The minimum Gasteiger partial charge on any atom is -0.442 e. The molecule has 0 atom stereocenters. The van der Waals surface area contributed by atoms with Crippen molar-refractivity contribution in [2.75, 3.05) is 13.1 Å². The van der Waals surface area contributed by atoms with E-state index >= 15 is 0 Å². The molecule has 0 aliphatic carbocycles. The average Bonchev–Trinajstić information content (AvgIpc) is 3.26. The zero-order chi connectivity index (χ0) is 20.2. The summed E-state index contributed by atoms with van der Waals surface area (Å²) in [5, 5.41) is 1.76. The van der Waals surface area contributed by atoms with Crippen LogP contribution < -0.4 is 0 Å². The number of piperidine rings is 1. The van der Waals surface area contributed by atoms with Gasteiger partial charge in [-0.3, -0.25) is 9.69 Å². The van der Waals surface area contributed by atoms with Crippen molar-refractivity contribution in [2.24, 2.45) is 5.92 Å². The van der Waals surface area contributed by atoms with Crippen LogP contribution in [0.5, 0.6) is 0 Å². The van der Waals surface area contributed by atoms with Gasteiger partial charge in [-0.2, -0.15) is 0 Å². The predicted octanol–water partition coefficient (Wildman–Crippen LogP) is 5.45. The normalized spacial score (nSPS) is 15.8. The van der Waals surface area contributed by atoms with Gasteiger partial charge in [0.2, 0.25) is 5.78 Å². The Morgan fingerprint density at radius 3 is 2.90 bits per heavy atom. The molecule has 1 fully saturated rings. The van der Waals surface area contributed by atoms with E-state index < -0.39 is 0 Å². The molecule has 3 heterocycles. The van der Waals surface area contributed by atoms with Crippen LogP contribution in [0.1, 0.15) is 53.9 Å². The Bertz CT molecular complexity index is 979. The van der Waals surface area contributed by atoms with Gasteiger partial charge in [0.25, 0.3) is 5.89 Å². The SMILES string of the molecule is Cc1cccc2cc(CN3CCC(CCCC(=O)c4ncco4)CC3)c(Cl)nc12. The standard InChI is InChI=1S/C23H26ClN3O2/c1-16-4-2-6-18-14-19(22(24)26-21(16)18)15-27-11-8-17(9-12-27)5-3-7-20(28)23-25-10-13-29-23/h2,4,6,10,13-14,17H,3,5,7-9,11-12,15H2,1H3. The highest BCUT2D eigenvalue weighted by Gasteiger charge is 2.21. The lowest BCUT2D eigenvalue weighted by Crippen LogP contribution is -2.33. The van der Waals surface area contributed by atoms with E-state index in [0.717, 1.165) is 67.3 Å². The van der Waals surface area contributed by atoms with Gasteiger partial charge in [0.15, 0.2) is 0 Å². The van der Waals surface area contributed by atoms with Gasteiger partial charge >= 0.3 is 0 Å². The third-order valence-corrected chi connectivity index (χ3v) is 6.19. The predicted molar refractivity (Wildman–Crippen MR) is 114 cm³/mol. The second-order valence-corrected chi connectivity index (χ2v) is 8.32. The molecule has 29 heavy (non-hydrogen) atoms. The van der Waals surface area contributed by atoms with Gasteiger partial charge in [-0.05, 0) is 63.2 Å². The van der Waals surface area contributed by atoms with Crippen molar-refractivity contribution in [3.63, 3.8) is 0 Å². The van der Waals surface area contributed by atoms with Crippen LogP contribution in [0, 0.1) is 12.8 Å². The first-order valence-corrected chi connectivity index (χ1v) is 10.7. The van der Waals surface area contributed by atoms with E-state index in [1.807, 2.05) is 0 Å². The van der Waals surface area contributed by atoms with Crippen LogP contribution in [0.25, 0.3) is 10.9 Å². The maximum Gasteiger partial charge on any atom is 0.263 e. The van der Waals surface area contributed by atoms with E-state index in [1.165, 1.54) is 12.5 Å². The fourth-order valence-electron chi connectivity index (χ4n) is 4.17. The number of rotatable bonds is 7. The van der Waals surface area contributed by atoms with Gasteiger partial charge in [0, 0.05) is 23.9 Å². The van der Waals surface area contributed by atoms with Gasteiger partial charge < -0.3 is 4.42 Å². The zero-order valence-electron chi connectivity index (χ0n) is 16.7. The number of oxazole rings is 1. The van der Waals surface area contributed by atoms with E-state index in [2.05, 4.69) is 46.1 Å². The molecule has 1 aliphatic heterocycles. The first-order chi connectivity index (χ1) is 14.1. The number of benzene rings is 1. The number of carbonyl (C=O) groups excluding carboxylic acids is 1. The number of aromatic nitrogens is 2. The monoisotopic (exact) mass is 411 g/mol. The Morgan fingerprint density at radius 1 is 1.31 bits per heavy atom. The minimum absolute atomic E-state index is 0.00104. The van der Waals surface area contributed by atoms with Crippen LogP contribution in [-0.4, -0.2) is 33.7 Å². The summed E-state index contributed by atoms with van der Waals surface area (Å²) in [6.07, 6.45) is 7.76. The first-order valence-electron chi connectivity index (χ1n) is 10.3. The minimum atomic E-state index is 0.00104. The maximum atomic E-state index is 12.0. The molecular weight excluding hydrogens is 386 g/mol. The van der Waals surface area contributed by atoms with Crippen LogP contribution in [0.2, 0.25) is 5.15 Å². The summed E-state index contributed by atoms with van der Waals surface area (Å²) in [6.45, 7) is 5.01. The lowest BCUT2D eigenvalue weighted by Gasteiger charge is -2.32. The van der Waals surface area contributed by atoms with Crippen LogP contribution in [0.15, 0.2) is 41.1 Å². The summed E-state index contributed by atoms with van der Waals surface area (Å²) in [7, 11) is 0. The number of hydrogen-bond acceptors (Lipinski definition) is 5. The number of carbonyl (C=O) groups is 1. The molecule has 5 nitrogen and oxygen atoms in total. The fourth-order valence-corrected chi connectivity index (χ4v) is 4.37. The topological polar surface area (TPSA) is 59.2 Å². The van der Waals surface area contributed by atoms with E-state index in [0.29, 0.717) is 17.5 Å². The summed E-state index contributed by atoms with van der Waals surface area (Å²) in [4.78, 5) is 23.0. The summed E-state index contributed by atoms with van der Waals surface area (Å²) in [5.41, 5.74) is 3.23. The number of Topliss-reactive ketones (excluding diaryl/α,β-unsaturated/α-hetero) is 1. The first kappa shape index (κ1) is 20.0. The Labute approximate surface area is 176 Å². The van der Waals surface area contributed by atoms with Crippen LogP contribution in [-0.2, 0) is 6.54 Å². The number of nitrogens with zero attached hydrogens (tertiary/aromatic N) is 3. The third kappa shape index (κ3) is 4.85. The van der Waals surface area contributed by atoms with Crippen molar-refractivity contribution in [1.29, 1.82) is 0 Å². The number of halogens is 1. The Balaban J connectivity index is 1.26. The molecule has 0 bridgehead atoms. The Hall–Kier alpha value is -2.24. The largest absolute Gasteiger partial charge is 0.442 e. The maximum absolute atomic E-state index is 12.0. The second kappa shape index (κ2) is 9.06. The average molecular weight is 412 g/mol. The highest BCUT2D eigenvalue weighted by atomic mass is 35.5. The van der Waals surface area contributed by atoms with Crippen LogP contribution in [0.3, 0.4) is 0 Å². The highest BCUT2D eigenvalue weighted by Crippen LogP contribution is 2.27. The molecule has 0 N–H and O–H groups in total. The van der Waals surface area contributed by atoms with E-state index in [4.69, 9.17) is 16.0 Å². The summed E-state index contributed by atoms with van der Waals surface area (Å²) in [6, 6.07) is 8.41. The zero-order valence-corrected chi connectivity index (χ0v) is 17.5. The van der Waals surface area contributed by atoms with Crippen molar-refractivity contribution in [2.45, 2.75) is 45.6 Å². The highest BCUT2D eigenvalue weighted by molar-refractivity contribution is 6.30. The number of aryl methyl sites for hydroxylation is 1. The summed E-state index contributed by atoms with van der Waals surface area (Å²) >= 11 is 6.48. The van der Waals surface area contributed by atoms with E-state index in [9.17, 15) is 4.79 Å². The summed E-state index contributed by atoms with van der Waals surface area (Å²) < 4.78 is 5.07. The molecule has 0 amide bonds. The number of hydrogen-bond donors (Lipinski definition) is 0. The molecule has 1 saturated heterocycles. The molecule has 0 radical (unpaired) electrons. The van der Waals surface area contributed by atoms with Crippen molar-refractivity contribution < 1.29 is 9.21 Å². The second-order valence-electron chi connectivity index (χ2n) is 7.96. The molecule has 0 saturated carbocycles. The molecule has 0 unspecified atom stereocenters. The van der Waals surface area contributed by atoms with Crippen molar-refractivity contribution in [3.8, 4) is 0 Å². The number of likely N-dealkylation sites (tertiary alicyclic amines) is 1. The number of pyridine rings is 1. The lowest BCUT2D eigenvalue weighted by molar-refractivity contribution is 0.0940. The smallest absolute Gasteiger partial charge is 0.263 e. The quantitative estimate of drug-likeness (QED) is 0.382. The van der Waals surface area contributed by atoms with Gasteiger partial charge in [-0.1, -0.05) is 29.8 Å². The van der Waals surface area contributed by atoms with Crippen LogP contribution in [0.4, 0.5) is 0 Å². The van der Waals surface area contributed by atoms with Gasteiger partial charge in [-0.25, -0.2) is 9.97 Å². The fraction of sp³-hybridized carbons (Fsp3) is 0.435. The van der Waals surface area contributed by atoms with E-state index in [-0.39, 0.29) is 11.7 Å². The Morgan fingerprint density at radius 2 is 2.14 bits per heavy atom. The Kier molecular flexibility index (Phi) is 6.26. The molecule has 6 heteroatoms. The van der Waals surface area contributed by atoms with Gasteiger partial charge in [0.1, 0.15) is 11.4 Å². The number of para-hydroxylation sites is 1. The molecule has 1 aliphatic rings. The molecule has 3 aromatic rings. The summed E-state index contributed by atoms with van der Waals surface area (Å²) in [5.74, 6) is 0.911. The lowest BCUT2D eigenvalue weighted by atomic mass is 9.91. The molecule has 4 rings (SSSR count).